The van der Waals surface area contributed by atoms with Crippen LogP contribution in [0.2, 0.25) is 0 Å². The fourth-order valence-electron chi connectivity index (χ4n) is 5.18. The number of fused-ring (bicyclic) bond motifs is 1. The molecule has 2 aliphatic rings. The van der Waals surface area contributed by atoms with Crippen LogP contribution in [0.15, 0.2) is 61.1 Å². The Morgan fingerprint density at radius 2 is 1.83 bits per heavy atom. The summed E-state index contributed by atoms with van der Waals surface area (Å²) < 4.78 is 1.90. The van der Waals surface area contributed by atoms with Gasteiger partial charge in [0.25, 0.3) is 5.91 Å². The lowest BCUT2D eigenvalue weighted by Crippen LogP contribution is -2.49. The molecule has 30 heavy (non-hydrogen) atoms. The van der Waals surface area contributed by atoms with Crippen molar-refractivity contribution in [3.8, 4) is 11.3 Å². The number of hydrogen-bond donors (Lipinski definition) is 0. The van der Waals surface area contributed by atoms with E-state index in [2.05, 4.69) is 22.0 Å². The number of benzene rings is 1. The minimum atomic E-state index is 0.129. The van der Waals surface area contributed by atoms with Crippen LogP contribution in [0.4, 0.5) is 0 Å². The molecule has 1 saturated heterocycles. The number of carbonyl (C=O) groups excluding carboxylic acids is 1. The van der Waals surface area contributed by atoms with Crippen molar-refractivity contribution < 1.29 is 4.79 Å². The number of nitrogens with zero attached hydrogens (tertiary/aromatic N) is 4. The molecule has 0 spiro atoms. The summed E-state index contributed by atoms with van der Waals surface area (Å²) in [5, 5.41) is 4.82. The number of hydrogen-bond acceptors (Lipinski definition) is 3. The van der Waals surface area contributed by atoms with Crippen LogP contribution in [0.3, 0.4) is 0 Å². The van der Waals surface area contributed by atoms with Crippen LogP contribution < -0.4 is 0 Å². The van der Waals surface area contributed by atoms with E-state index < -0.39 is 0 Å². The molecule has 0 N–H and O–H groups in total. The highest BCUT2D eigenvalue weighted by molar-refractivity contribution is 6.00. The van der Waals surface area contributed by atoms with Gasteiger partial charge in [-0.05, 0) is 49.3 Å². The predicted octanol–water partition coefficient (Wildman–Crippen LogP) is 4.79. The van der Waals surface area contributed by atoms with E-state index in [9.17, 15) is 4.79 Å². The molecule has 1 aromatic carbocycles. The van der Waals surface area contributed by atoms with Gasteiger partial charge in [-0.2, -0.15) is 5.10 Å². The molecular formula is C25H28N4O. The van der Waals surface area contributed by atoms with Crippen molar-refractivity contribution in [1.29, 1.82) is 0 Å². The Morgan fingerprint density at radius 3 is 2.67 bits per heavy atom. The van der Waals surface area contributed by atoms with Crippen LogP contribution in [-0.4, -0.2) is 38.2 Å². The van der Waals surface area contributed by atoms with Gasteiger partial charge in [-0.15, -0.1) is 0 Å². The second kappa shape index (κ2) is 8.42. The molecule has 3 heterocycles. The van der Waals surface area contributed by atoms with E-state index in [-0.39, 0.29) is 5.91 Å². The van der Waals surface area contributed by atoms with Gasteiger partial charge in [0.15, 0.2) is 0 Å². The number of piperidine rings is 1. The number of likely N-dealkylation sites (tertiary alicyclic amines) is 1. The zero-order valence-electron chi connectivity index (χ0n) is 17.3. The average molecular weight is 401 g/mol. The van der Waals surface area contributed by atoms with Crippen molar-refractivity contribution in [2.24, 2.45) is 5.92 Å². The molecule has 5 nitrogen and oxygen atoms in total. The molecule has 2 aromatic heterocycles. The molecule has 154 valence electrons. The maximum atomic E-state index is 13.8. The number of rotatable bonds is 4. The summed E-state index contributed by atoms with van der Waals surface area (Å²) in [5.74, 6) is 0.794. The van der Waals surface area contributed by atoms with Crippen LogP contribution in [0.5, 0.6) is 0 Å². The van der Waals surface area contributed by atoms with E-state index in [4.69, 9.17) is 5.10 Å². The van der Waals surface area contributed by atoms with Gasteiger partial charge in [-0.3, -0.25) is 14.5 Å². The Bertz CT molecular complexity index is 997. The molecule has 1 amide bonds. The normalized spacial score (nSPS) is 21.3. The SMILES string of the molecule is O=C(c1cn(Cc2ccccc2)nc1-c1cccnc1)N1CCC[C@@H]2CCCC[C@@H]21. The van der Waals surface area contributed by atoms with Crippen molar-refractivity contribution in [2.75, 3.05) is 6.54 Å². The van der Waals surface area contributed by atoms with Crippen LogP contribution in [0.25, 0.3) is 11.3 Å². The standard InChI is InChI=1S/C25H28N4O/c30-25(29-15-7-12-20-10-4-5-13-23(20)29)22-18-28(17-19-8-2-1-3-9-19)27-24(22)21-11-6-14-26-16-21/h1-3,6,8-9,11,14,16,18,20,23H,4-5,7,10,12-13,15,17H2/t20-,23-/m0/s1. The molecule has 2 fully saturated rings. The third kappa shape index (κ3) is 3.76. The monoisotopic (exact) mass is 400 g/mol. The molecule has 1 saturated carbocycles. The third-order valence-corrected chi connectivity index (χ3v) is 6.62. The van der Waals surface area contributed by atoms with E-state index in [1.165, 1.54) is 31.2 Å². The van der Waals surface area contributed by atoms with Gasteiger partial charge in [0.05, 0.1) is 12.1 Å². The van der Waals surface area contributed by atoms with Gasteiger partial charge in [-0.25, -0.2) is 0 Å². The van der Waals surface area contributed by atoms with Gasteiger partial charge in [-0.1, -0.05) is 43.2 Å². The molecule has 0 radical (unpaired) electrons. The first-order valence-corrected chi connectivity index (χ1v) is 11.1. The summed E-state index contributed by atoms with van der Waals surface area (Å²) in [5.41, 5.74) is 3.50. The summed E-state index contributed by atoms with van der Waals surface area (Å²) in [6, 6.07) is 14.5. The van der Waals surface area contributed by atoms with Crippen LogP contribution in [-0.2, 0) is 6.54 Å². The minimum absolute atomic E-state index is 0.129. The lowest BCUT2D eigenvalue weighted by atomic mass is 9.78. The van der Waals surface area contributed by atoms with Gasteiger partial charge in [0.1, 0.15) is 5.69 Å². The summed E-state index contributed by atoms with van der Waals surface area (Å²) >= 11 is 0. The molecule has 0 bridgehead atoms. The molecule has 1 aliphatic carbocycles. The Kier molecular flexibility index (Phi) is 5.35. The first-order chi connectivity index (χ1) is 14.8. The zero-order valence-corrected chi connectivity index (χ0v) is 17.3. The van der Waals surface area contributed by atoms with Crippen molar-refractivity contribution in [2.45, 2.75) is 51.1 Å². The quantitative estimate of drug-likeness (QED) is 0.633. The summed E-state index contributed by atoms with van der Waals surface area (Å²) in [6.07, 6.45) is 12.8. The summed E-state index contributed by atoms with van der Waals surface area (Å²) in [6.45, 7) is 1.50. The summed E-state index contributed by atoms with van der Waals surface area (Å²) in [7, 11) is 0. The van der Waals surface area contributed by atoms with Crippen LogP contribution >= 0.6 is 0 Å². The molecular weight excluding hydrogens is 372 g/mol. The van der Waals surface area contributed by atoms with E-state index >= 15 is 0 Å². The average Bonchev–Trinajstić information content (AvgIpc) is 3.23. The second-order valence-electron chi connectivity index (χ2n) is 8.57. The number of carbonyl (C=O) groups is 1. The van der Waals surface area contributed by atoms with E-state index in [1.807, 2.05) is 41.2 Å². The van der Waals surface area contributed by atoms with Gasteiger partial charge in [0, 0.05) is 36.7 Å². The minimum Gasteiger partial charge on any atom is -0.335 e. The van der Waals surface area contributed by atoms with E-state index in [0.717, 1.165) is 30.6 Å². The predicted molar refractivity (Wildman–Crippen MR) is 117 cm³/mol. The highest BCUT2D eigenvalue weighted by Crippen LogP contribution is 2.36. The van der Waals surface area contributed by atoms with Crippen LogP contribution in [0, 0.1) is 5.92 Å². The number of aromatic nitrogens is 3. The van der Waals surface area contributed by atoms with E-state index in [1.54, 1.807) is 12.4 Å². The zero-order chi connectivity index (χ0) is 20.3. The highest BCUT2D eigenvalue weighted by Gasteiger charge is 2.37. The van der Waals surface area contributed by atoms with E-state index in [0.29, 0.717) is 24.1 Å². The molecule has 3 aromatic rings. The Morgan fingerprint density at radius 1 is 1.00 bits per heavy atom. The van der Waals surface area contributed by atoms with Crippen molar-refractivity contribution in [3.05, 3.63) is 72.2 Å². The Balaban J connectivity index is 1.50. The third-order valence-electron chi connectivity index (χ3n) is 6.62. The maximum Gasteiger partial charge on any atom is 0.257 e. The molecule has 5 rings (SSSR count). The van der Waals surface area contributed by atoms with Gasteiger partial charge in [0.2, 0.25) is 0 Å². The van der Waals surface area contributed by atoms with Crippen LogP contribution in [0.1, 0.15) is 54.4 Å². The first-order valence-electron chi connectivity index (χ1n) is 11.1. The lowest BCUT2D eigenvalue weighted by Gasteiger charge is -2.44. The maximum absolute atomic E-state index is 13.8. The van der Waals surface area contributed by atoms with Gasteiger partial charge >= 0.3 is 0 Å². The Labute approximate surface area is 177 Å². The van der Waals surface area contributed by atoms with Crippen molar-refractivity contribution in [3.63, 3.8) is 0 Å². The van der Waals surface area contributed by atoms with Crippen molar-refractivity contribution in [1.82, 2.24) is 19.7 Å². The second-order valence-corrected chi connectivity index (χ2v) is 8.57. The smallest absolute Gasteiger partial charge is 0.257 e. The number of pyridine rings is 1. The lowest BCUT2D eigenvalue weighted by molar-refractivity contribution is 0.0391. The fraction of sp³-hybridized carbons (Fsp3) is 0.400. The fourth-order valence-corrected chi connectivity index (χ4v) is 5.18. The molecule has 2 atom stereocenters. The molecule has 1 aliphatic heterocycles. The van der Waals surface area contributed by atoms with Crippen molar-refractivity contribution >= 4 is 5.91 Å². The Hall–Kier alpha value is -2.95. The molecule has 5 heteroatoms. The number of amides is 1. The van der Waals surface area contributed by atoms with Gasteiger partial charge < -0.3 is 4.90 Å². The molecule has 0 unspecified atom stereocenters. The largest absolute Gasteiger partial charge is 0.335 e. The topological polar surface area (TPSA) is 51.0 Å². The summed E-state index contributed by atoms with van der Waals surface area (Å²) in [4.78, 5) is 20.2. The first kappa shape index (κ1) is 19.0. The highest BCUT2D eigenvalue weighted by atomic mass is 16.2.